The van der Waals surface area contributed by atoms with E-state index >= 15 is 0 Å². The summed E-state index contributed by atoms with van der Waals surface area (Å²) in [6.07, 6.45) is 0.260. The van der Waals surface area contributed by atoms with Gasteiger partial charge in [-0.2, -0.15) is 5.10 Å². The number of hydrogen-bond acceptors (Lipinski definition) is 6. The fourth-order valence-corrected chi connectivity index (χ4v) is 2.95. The standard InChI is InChI=1S/C18H25N7O2/c1-24(2)7-8-25-11-13(9-16(25)26)18(27)20-14-5-3-12(4-6-14)17-21-15(10-19)22-23-17/h3-6,13H,7-11,19H2,1-2H3,(H,20,27)(H,21,22,23). The van der Waals surface area contributed by atoms with Crippen LogP contribution in [-0.2, 0) is 16.1 Å². The summed E-state index contributed by atoms with van der Waals surface area (Å²) in [7, 11) is 3.92. The molecule has 4 N–H and O–H groups in total. The van der Waals surface area contributed by atoms with Crippen molar-refractivity contribution in [2.24, 2.45) is 11.7 Å². The molecule has 9 nitrogen and oxygen atoms in total. The molecule has 1 aromatic carbocycles. The Morgan fingerprint density at radius 1 is 1.37 bits per heavy atom. The van der Waals surface area contributed by atoms with Gasteiger partial charge in [0.25, 0.3) is 0 Å². The summed E-state index contributed by atoms with van der Waals surface area (Å²) >= 11 is 0. The number of nitrogens with two attached hydrogens (primary N) is 1. The van der Waals surface area contributed by atoms with Gasteiger partial charge >= 0.3 is 0 Å². The summed E-state index contributed by atoms with van der Waals surface area (Å²) in [4.78, 5) is 32.6. The zero-order chi connectivity index (χ0) is 19.4. The topological polar surface area (TPSA) is 120 Å². The molecule has 0 bridgehead atoms. The van der Waals surface area contributed by atoms with E-state index in [0.717, 1.165) is 12.1 Å². The van der Waals surface area contributed by atoms with E-state index in [9.17, 15) is 9.59 Å². The molecule has 2 aromatic rings. The fraction of sp³-hybridized carbons (Fsp3) is 0.444. The molecule has 1 saturated heterocycles. The number of likely N-dealkylation sites (tertiary alicyclic amines) is 1. The van der Waals surface area contributed by atoms with Gasteiger partial charge in [0.15, 0.2) is 5.82 Å². The zero-order valence-corrected chi connectivity index (χ0v) is 15.6. The minimum atomic E-state index is -0.320. The quantitative estimate of drug-likeness (QED) is 0.643. The number of carbonyl (C=O) groups excluding carboxylic acids is 2. The molecule has 0 spiro atoms. The van der Waals surface area contributed by atoms with Crippen molar-refractivity contribution in [2.45, 2.75) is 13.0 Å². The van der Waals surface area contributed by atoms with E-state index < -0.39 is 0 Å². The van der Waals surface area contributed by atoms with Crippen molar-refractivity contribution in [1.29, 1.82) is 0 Å². The van der Waals surface area contributed by atoms with E-state index in [1.165, 1.54) is 0 Å². The van der Waals surface area contributed by atoms with Crippen LogP contribution >= 0.6 is 0 Å². The Bertz CT molecular complexity index is 800. The molecule has 9 heteroatoms. The first-order valence-electron chi connectivity index (χ1n) is 8.91. The van der Waals surface area contributed by atoms with Crippen LogP contribution in [0.25, 0.3) is 11.4 Å². The Balaban J connectivity index is 1.57. The van der Waals surface area contributed by atoms with Crippen molar-refractivity contribution in [3.63, 3.8) is 0 Å². The summed E-state index contributed by atoms with van der Waals surface area (Å²) in [5.41, 5.74) is 7.03. The molecule has 0 radical (unpaired) electrons. The highest BCUT2D eigenvalue weighted by molar-refractivity contribution is 5.97. The maximum absolute atomic E-state index is 12.5. The van der Waals surface area contributed by atoms with Gasteiger partial charge in [-0.1, -0.05) is 0 Å². The van der Waals surface area contributed by atoms with E-state index in [1.807, 2.05) is 31.1 Å². The SMILES string of the molecule is CN(C)CCN1CC(C(=O)Nc2ccc(-c3n[nH]c(CN)n3)cc2)CC1=O. The van der Waals surface area contributed by atoms with Gasteiger partial charge in [0.2, 0.25) is 11.8 Å². The molecule has 1 fully saturated rings. The van der Waals surface area contributed by atoms with Crippen molar-refractivity contribution in [2.75, 3.05) is 39.0 Å². The molecule has 1 aliphatic heterocycles. The number of benzene rings is 1. The fourth-order valence-electron chi connectivity index (χ4n) is 2.95. The van der Waals surface area contributed by atoms with Crippen molar-refractivity contribution in [3.05, 3.63) is 30.1 Å². The molecule has 2 heterocycles. The highest BCUT2D eigenvalue weighted by atomic mass is 16.2. The van der Waals surface area contributed by atoms with Crippen molar-refractivity contribution < 1.29 is 9.59 Å². The van der Waals surface area contributed by atoms with E-state index in [1.54, 1.807) is 17.0 Å². The summed E-state index contributed by atoms with van der Waals surface area (Å²) in [6, 6.07) is 7.27. The van der Waals surface area contributed by atoms with E-state index in [-0.39, 0.29) is 24.2 Å². The number of amides is 2. The lowest BCUT2D eigenvalue weighted by atomic mass is 10.1. The van der Waals surface area contributed by atoms with Crippen LogP contribution in [0.4, 0.5) is 5.69 Å². The van der Waals surface area contributed by atoms with Crippen molar-refractivity contribution in [1.82, 2.24) is 25.0 Å². The number of nitrogens with one attached hydrogen (secondary N) is 2. The van der Waals surface area contributed by atoms with Crippen LogP contribution in [0.1, 0.15) is 12.2 Å². The van der Waals surface area contributed by atoms with Crippen LogP contribution in [0.3, 0.4) is 0 Å². The van der Waals surface area contributed by atoms with Crippen molar-refractivity contribution >= 4 is 17.5 Å². The number of anilines is 1. The highest BCUT2D eigenvalue weighted by Gasteiger charge is 2.34. The number of likely N-dealkylation sites (N-methyl/N-ethyl adjacent to an activating group) is 1. The first-order chi connectivity index (χ1) is 13.0. The maximum atomic E-state index is 12.5. The molecule has 27 heavy (non-hydrogen) atoms. The summed E-state index contributed by atoms with van der Waals surface area (Å²) < 4.78 is 0. The van der Waals surface area contributed by atoms with Crippen LogP contribution in [0.15, 0.2) is 24.3 Å². The molecule has 0 aliphatic carbocycles. The Morgan fingerprint density at radius 2 is 2.11 bits per heavy atom. The number of hydrogen-bond donors (Lipinski definition) is 3. The van der Waals surface area contributed by atoms with Gasteiger partial charge in [-0.05, 0) is 38.4 Å². The van der Waals surface area contributed by atoms with Crippen LogP contribution in [0, 0.1) is 5.92 Å². The number of aromatic nitrogens is 3. The van der Waals surface area contributed by atoms with Crippen molar-refractivity contribution in [3.8, 4) is 11.4 Å². The minimum Gasteiger partial charge on any atom is -0.341 e. The largest absolute Gasteiger partial charge is 0.341 e. The summed E-state index contributed by atoms with van der Waals surface area (Å²) in [6.45, 7) is 2.20. The zero-order valence-electron chi connectivity index (χ0n) is 15.6. The second-order valence-corrected chi connectivity index (χ2v) is 6.92. The summed E-state index contributed by atoms with van der Waals surface area (Å²) in [5.74, 6) is 0.761. The Labute approximate surface area is 157 Å². The minimum absolute atomic E-state index is 0.0349. The number of aromatic amines is 1. The maximum Gasteiger partial charge on any atom is 0.229 e. The Kier molecular flexibility index (Phi) is 5.82. The van der Waals surface area contributed by atoms with Gasteiger partial charge < -0.3 is 20.9 Å². The van der Waals surface area contributed by atoms with Crippen LogP contribution < -0.4 is 11.1 Å². The Hall–Kier alpha value is -2.78. The van der Waals surface area contributed by atoms with Gasteiger partial charge in [-0.3, -0.25) is 14.7 Å². The predicted molar refractivity (Wildman–Crippen MR) is 102 cm³/mol. The lowest BCUT2D eigenvalue weighted by Gasteiger charge is -2.19. The Morgan fingerprint density at radius 3 is 2.74 bits per heavy atom. The third kappa shape index (κ3) is 4.69. The second-order valence-electron chi connectivity index (χ2n) is 6.92. The third-order valence-corrected chi connectivity index (χ3v) is 4.54. The summed E-state index contributed by atoms with van der Waals surface area (Å²) in [5, 5.41) is 9.76. The van der Waals surface area contributed by atoms with Gasteiger partial charge in [0.1, 0.15) is 5.82 Å². The molecule has 0 saturated carbocycles. The molecule has 144 valence electrons. The predicted octanol–water partition coefficient (Wildman–Crippen LogP) is 0.279. The molecule has 1 aliphatic rings. The van der Waals surface area contributed by atoms with E-state index in [0.29, 0.717) is 37.0 Å². The van der Waals surface area contributed by atoms with Crippen LogP contribution in [0.5, 0.6) is 0 Å². The van der Waals surface area contributed by atoms with E-state index in [2.05, 4.69) is 20.5 Å². The molecule has 1 atom stereocenters. The number of nitrogens with zero attached hydrogens (tertiary/aromatic N) is 4. The molecular formula is C18H25N7O2. The lowest BCUT2D eigenvalue weighted by molar-refractivity contribution is -0.128. The molecule has 1 unspecified atom stereocenters. The number of carbonyl (C=O) groups is 2. The first-order valence-corrected chi connectivity index (χ1v) is 8.91. The monoisotopic (exact) mass is 371 g/mol. The smallest absolute Gasteiger partial charge is 0.229 e. The van der Waals surface area contributed by atoms with Gasteiger partial charge in [0.05, 0.1) is 12.5 Å². The van der Waals surface area contributed by atoms with Crippen LogP contribution in [0.2, 0.25) is 0 Å². The lowest BCUT2D eigenvalue weighted by Crippen LogP contribution is -2.33. The normalized spacial score (nSPS) is 17.0. The van der Waals surface area contributed by atoms with Gasteiger partial charge in [-0.15, -0.1) is 0 Å². The van der Waals surface area contributed by atoms with Crippen LogP contribution in [-0.4, -0.2) is 70.5 Å². The molecule has 1 aromatic heterocycles. The van der Waals surface area contributed by atoms with Gasteiger partial charge in [-0.25, -0.2) is 4.98 Å². The number of H-pyrrole nitrogens is 1. The molecular weight excluding hydrogens is 346 g/mol. The average Bonchev–Trinajstić information content (AvgIpc) is 3.27. The first kappa shape index (κ1) is 19.0. The van der Waals surface area contributed by atoms with E-state index in [4.69, 9.17) is 5.73 Å². The third-order valence-electron chi connectivity index (χ3n) is 4.54. The number of rotatable bonds is 7. The highest BCUT2D eigenvalue weighted by Crippen LogP contribution is 2.22. The average molecular weight is 371 g/mol. The second kappa shape index (κ2) is 8.28. The molecule has 2 amide bonds. The van der Waals surface area contributed by atoms with Gasteiger partial charge in [0, 0.05) is 37.3 Å². The molecule has 3 rings (SSSR count).